The third-order valence-electron chi connectivity index (χ3n) is 3.45. The Labute approximate surface area is 118 Å². The Morgan fingerprint density at radius 3 is 2.95 bits per heavy atom. The number of aryl methyl sites for hydroxylation is 1. The minimum atomic E-state index is -0.122. The third-order valence-corrected chi connectivity index (χ3v) is 3.65. The Kier molecular flexibility index (Phi) is 4.60. The van der Waals surface area contributed by atoms with Gasteiger partial charge in [0, 0.05) is 25.2 Å². The van der Waals surface area contributed by atoms with Gasteiger partial charge in [-0.25, -0.2) is 4.98 Å². The summed E-state index contributed by atoms with van der Waals surface area (Å²) >= 11 is 5.77. The third kappa shape index (κ3) is 3.55. The molecule has 2 rings (SSSR count). The molecule has 0 saturated carbocycles. The van der Waals surface area contributed by atoms with Crippen molar-refractivity contribution < 1.29 is 4.74 Å². The van der Waals surface area contributed by atoms with Gasteiger partial charge in [0.05, 0.1) is 19.3 Å². The number of hydrogen-bond acceptors (Lipinski definition) is 4. The molecule has 1 aliphatic heterocycles. The van der Waals surface area contributed by atoms with Gasteiger partial charge in [0.25, 0.3) is 5.56 Å². The number of aromatic nitrogens is 2. The summed E-state index contributed by atoms with van der Waals surface area (Å²) in [6.45, 7) is 9.15. The van der Waals surface area contributed by atoms with Crippen molar-refractivity contribution >= 4 is 11.6 Å². The molecule has 0 aromatic carbocycles. The lowest BCUT2D eigenvalue weighted by Crippen LogP contribution is -2.48. The van der Waals surface area contributed by atoms with Crippen LogP contribution in [0.25, 0.3) is 0 Å². The molecule has 0 N–H and O–H groups in total. The van der Waals surface area contributed by atoms with Gasteiger partial charge >= 0.3 is 0 Å². The van der Waals surface area contributed by atoms with Crippen LogP contribution in [0.15, 0.2) is 10.9 Å². The summed E-state index contributed by atoms with van der Waals surface area (Å²) in [5, 5.41) is 0.243. The maximum atomic E-state index is 11.9. The molecule has 1 unspecified atom stereocenters. The van der Waals surface area contributed by atoms with Crippen molar-refractivity contribution in [1.82, 2.24) is 14.5 Å². The van der Waals surface area contributed by atoms with Gasteiger partial charge in [-0.2, -0.15) is 0 Å². The SMILES string of the molecule is Cc1nc(Cl)cc(=O)n1CC1CN(C(C)C)CCO1. The van der Waals surface area contributed by atoms with Crippen LogP contribution < -0.4 is 5.56 Å². The summed E-state index contributed by atoms with van der Waals surface area (Å²) in [5.74, 6) is 0.628. The van der Waals surface area contributed by atoms with Crippen molar-refractivity contribution in [2.24, 2.45) is 0 Å². The molecule has 5 nitrogen and oxygen atoms in total. The molecule has 0 aliphatic carbocycles. The molecule has 1 aliphatic rings. The lowest BCUT2D eigenvalue weighted by molar-refractivity contribution is -0.0463. The van der Waals surface area contributed by atoms with Gasteiger partial charge in [0.2, 0.25) is 0 Å². The van der Waals surface area contributed by atoms with Gasteiger partial charge in [0.15, 0.2) is 0 Å². The number of halogens is 1. The van der Waals surface area contributed by atoms with Crippen LogP contribution in [0, 0.1) is 6.92 Å². The fraction of sp³-hybridized carbons (Fsp3) is 0.692. The van der Waals surface area contributed by atoms with Crippen molar-refractivity contribution in [3.8, 4) is 0 Å². The topological polar surface area (TPSA) is 47.4 Å². The lowest BCUT2D eigenvalue weighted by Gasteiger charge is -2.35. The Bertz CT molecular complexity index is 501. The minimum absolute atomic E-state index is 0.0236. The molecule has 0 amide bonds. The second kappa shape index (κ2) is 6.03. The largest absolute Gasteiger partial charge is 0.374 e. The van der Waals surface area contributed by atoms with Crippen molar-refractivity contribution in [1.29, 1.82) is 0 Å². The molecule has 106 valence electrons. The quantitative estimate of drug-likeness (QED) is 0.786. The smallest absolute Gasteiger partial charge is 0.255 e. The highest BCUT2D eigenvalue weighted by Crippen LogP contribution is 2.11. The van der Waals surface area contributed by atoms with Crippen LogP contribution in [0.2, 0.25) is 5.15 Å². The maximum absolute atomic E-state index is 11.9. The van der Waals surface area contributed by atoms with Gasteiger partial charge in [-0.15, -0.1) is 0 Å². The van der Waals surface area contributed by atoms with E-state index in [1.165, 1.54) is 6.07 Å². The number of rotatable bonds is 3. The highest BCUT2D eigenvalue weighted by Gasteiger charge is 2.23. The van der Waals surface area contributed by atoms with Crippen LogP contribution >= 0.6 is 11.6 Å². The van der Waals surface area contributed by atoms with E-state index in [9.17, 15) is 4.79 Å². The second-order valence-electron chi connectivity index (χ2n) is 5.16. The average Bonchev–Trinajstić information content (AvgIpc) is 2.34. The zero-order valence-electron chi connectivity index (χ0n) is 11.6. The van der Waals surface area contributed by atoms with Crippen molar-refractivity contribution in [2.75, 3.05) is 19.7 Å². The Morgan fingerprint density at radius 1 is 1.58 bits per heavy atom. The molecule has 0 spiro atoms. The Morgan fingerprint density at radius 2 is 2.32 bits per heavy atom. The number of morpholine rings is 1. The summed E-state index contributed by atoms with van der Waals surface area (Å²) in [6, 6.07) is 1.84. The van der Waals surface area contributed by atoms with Gasteiger partial charge in [-0.1, -0.05) is 11.6 Å². The summed E-state index contributed by atoms with van der Waals surface area (Å²) in [4.78, 5) is 18.4. The molecule has 1 aromatic heterocycles. The van der Waals surface area contributed by atoms with E-state index in [-0.39, 0.29) is 16.8 Å². The van der Waals surface area contributed by atoms with Gasteiger partial charge in [-0.05, 0) is 20.8 Å². The van der Waals surface area contributed by atoms with E-state index >= 15 is 0 Å². The van der Waals surface area contributed by atoms with Gasteiger partial charge < -0.3 is 4.74 Å². The predicted octanol–water partition coefficient (Wildman–Crippen LogP) is 1.31. The number of nitrogens with zero attached hydrogens (tertiary/aromatic N) is 3. The normalized spacial score (nSPS) is 21.0. The fourth-order valence-corrected chi connectivity index (χ4v) is 2.55. The molecule has 1 fully saturated rings. The van der Waals surface area contributed by atoms with E-state index in [1.807, 2.05) is 0 Å². The molecule has 19 heavy (non-hydrogen) atoms. The molecule has 6 heteroatoms. The first-order valence-electron chi connectivity index (χ1n) is 6.57. The van der Waals surface area contributed by atoms with E-state index < -0.39 is 0 Å². The van der Waals surface area contributed by atoms with Crippen molar-refractivity contribution in [3.05, 3.63) is 27.4 Å². The van der Waals surface area contributed by atoms with Gasteiger partial charge in [-0.3, -0.25) is 14.3 Å². The molecule has 1 aromatic rings. The first kappa shape index (κ1) is 14.5. The van der Waals surface area contributed by atoms with Gasteiger partial charge in [0.1, 0.15) is 11.0 Å². The van der Waals surface area contributed by atoms with E-state index in [0.717, 1.165) is 13.1 Å². The number of hydrogen-bond donors (Lipinski definition) is 0. The minimum Gasteiger partial charge on any atom is -0.374 e. The molecule has 0 bridgehead atoms. The average molecular weight is 286 g/mol. The maximum Gasteiger partial charge on any atom is 0.255 e. The Balaban J connectivity index is 2.11. The van der Waals surface area contributed by atoms with Crippen LogP contribution in [0.3, 0.4) is 0 Å². The van der Waals surface area contributed by atoms with Crippen LogP contribution in [-0.2, 0) is 11.3 Å². The Hall–Kier alpha value is -0.910. The fourth-order valence-electron chi connectivity index (χ4n) is 2.33. The summed E-state index contributed by atoms with van der Waals surface area (Å²) in [5.41, 5.74) is -0.122. The summed E-state index contributed by atoms with van der Waals surface area (Å²) in [7, 11) is 0. The first-order valence-corrected chi connectivity index (χ1v) is 6.95. The van der Waals surface area contributed by atoms with E-state index in [0.29, 0.717) is 25.0 Å². The second-order valence-corrected chi connectivity index (χ2v) is 5.54. The summed E-state index contributed by atoms with van der Waals surface area (Å²) in [6.07, 6.45) is 0.0236. The zero-order valence-corrected chi connectivity index (χ0v) is 12.4. The van der Waals surface area contributed by atoms with E-state index in [2.05, 4.69) is 23.7 Å². The monoisotopic (exact) mass is 285 g/mol. The molecule has 1 atom stereocenters. The van der Waals surface area contributed by atoms with Crippen molar-refractivity contribution in [3.63, 3.8) is 0 Å². The van der Waals surface area contributed by atoms with E-state index in [4.69, 9.17) is 16.3 Å². The molecule has 1 saturated heterocycles. The van der Waals surface area contributed by atoms with Crippen LogP contribution in [0.4, 0.5) is 0 Å². The number of ether oxygens (including phenoxy) is 1. The predicted molar refractivity (Wildman–Crippen MR) is 74.7 cm³/mol. The molecular formula is C13H20ClN3O2. The summed E-state index contributed by atoms with van der Waals surface area (Å²) < 4.78 is 7.37. The first-order chi connectivity index (χ1) is 8.97. The van der Waals surface area contributed by atoms with Crippen LogP contribution in [0.5, 0.6) is 0 Å². The van der Waals surface area contributed by atoms with Crippen LogP contribution in [-0.4, -0.2) is 46.3 Å². The molecular weight excluding hydrogens is 266 g/mol. The molecule has 2 heterocycles. The highest BCUT2D eigenvalue weighted by molar-refractivity contribution is 6.29. The van der Waals surface area contributed by atoms with Crippen LogP contribution in [0.1, 0.15) is 19.7 Å². The van der Waals surface area contributed by atoms with E-state index in [1.54, 1.807) is 11.5 Å². The van der Waals surface area contributed by atoms with Crippen molar-refractivity contribution in [2.45, 2.75) is 39.5 Å². The standard InChI is InChI=1S/C13H20ClN3O2/c1-9(2)16-4-5-19-11(7-16)8-17-10(3)15-12(14)6-13(17)18/h6,9,11H,4-5,7-8H2,1-3H3. The molecule has 0 radical (unpaired) electrons. The zero-order chi connectivity index (χ0) is 14.0. The highest BCUT2D eigenvalue weighted by atomic mass is 35.5. The lowest BCUT2D eigenvalue weighted by atomic mass is 10.2.